The van der Waals surface area contributed by atoms with Gasteiger partial charge in [0.2, 0.25) is 10.0 Å². The van der Waals surface area contributed by atoms with E-state index in [9.17, 15) is 13.2 Å². The predicted octanol–water partition coefficient (Wildman–Crippen LogP) is 3.76. The molecule has 1 amide bonds. The van der Waals surface area contributed by atoms with Crippen LogP contribution >= 0.6 is 0 Å². The highest BCUT2D eigenvalue weighted by molar-refractivity contribution is 7.89. The van der Waals surface area contributed by atoms with Crippen LogP contribution in [0.5, 0.6) is 0 Å². The molecular weight excluding hydrogens is 436 g/mol. The maximum absolute atomic E-state index is 13.4. The fraction of sp³-hybridized carbons (Fsp3) is 0.360. The number of carbonyl (C=O) groups excluding carboxylic acids is 1. The third-order valence-corrected chi connectivity index (χ3v) is 8.56. The Balaban J connectivity index is 1.36. The van der Waals surface area contributed by atoms with Crippen LogP contribution in [-0.4, -0.2) is 40.8 Å². The van der Waals surface area contributed by atoms with Crippen LogP contribution in [0.25, 0.3) is 0 Å². The second-order valence-electron chi connectivity index (χ2n) is 8.52. The van der Waals surface area contributed by atoms with Crippen molar-refractivity contribution in [3.8, 4) is 0 Å². The average molecular weight is 467 g/mol. The summed E-state index contributed by atoms with van der Waals surface area (Å²) in [5.74, 6) is -0.129. The van der Waals surface area contributed by atoms with E-state index >= 15 is 0 Å². The number of benzene rings is 2. The number of nitrogens with zero attached hydrogens (tertiary/aromatic N) is 3. The van der Waals surface area contributed by atoms with Gasteiger partial charge in [-0.25, -0.2) is 13.4 Å². The summed E-state index contributed by atoms with van der Waals surface area (Å²) in [6, 6.07) is 16.6. The molecule has 1 unspecified atom stereocenters. The average Bonchev–Trinajstić information content (AvgIpc) is 3.34. The number of sulfonamides is 1. The normalized spacial score (nSPS) is 20.4. The Bertz CT molecular complexity index is 1150. The number of aryl methyl sites for hydroxylation is 1. The number of hydrogen-bond donors (Lipinski definition) is 1. The number of nitrogens with one attached hydrogen (secondary N) is 1. The maximum Gasteiger partial charge on any atom is 0.251 e. The predicted molar refractivity (Wildman–Crippen MR) is 128 cm³/mol. The van der Waals surface area contributed by atoms with E-state index < -0.39 is 15.3 Å². The smallest absolute Gasteiger partial charge is 0.251 e. The van der Waals surface area contributed by atoms with Gasteiger partial charge < -0.3 is 9.88 Å². The van der Waals surface area contributed by atoms with Crippen molar-refractivity contribution in [1.29, 1.82) is 0 Å². The molecule has 8 heteroatoms. The van der Waals surface area contributed by atoms with Crippen molar-refractivity contribution in [1.82, 2.24) is 19.2 Å². The second kappa shape index (κ2) is 10.3. The van der Waals surface area contributed by atoms with Crippen LogP contribution in [0.3, 0.4) is 0 Å². The summed E-state index contributed by atoms with van der Waals surface area (Å²) in [6.45, 7) is 3.64. The molecule has 1 aromatic heterocycles. The summed E-state index contributed by atoms with van der Waals surface area (Å²) in [6.07, 6.45) is 7.64. The Morgan fingerprint density at radius 1 is 1.09 bits per heavy atom. The third kappa shape index (κ3) is 5.51. The fourth-order valence-corrected chi connectivity index (χ4v) is 6.48. The van der Waals surface area contributed by atoms with Crippen molar-refractivity contribution in [3.05, 3.63) is 90.0 Å². The number of hydrogen-bond acceptors (Lipinski definition) is 4. The molecule has 1 aliphatic heterocycles. The topological polar surface area (TPSA) is 84.3 Å². The molecule has 1 fully saturated rings. The van der Waals surface area contributed by atoms with Crippen LogP contribution in [0.15, 0.2) is 73.3 Å². The van der Waals surface area contributed by atoms with Gasteiger partial charge in [0.25, 0.3) is 5.91 Å². The summed E-state index contributed by atoms with van der Waals surface area (Å²) in [7, 11) is -3.48. The van der Waals surface area contributed by atoms with Crippen LogP contribution in [0.4, 0.5) is 0 Å². The molecule has 7 nitrogen and oxygen atoms in total. The SMILES string of the molecule is C[C@H]1CCC(c2ccccc2)S(=O)(=O)N1Cc1ccc(C(=O)NCCCn2ccnc2)cc1. The van der Waals surface area contributed by atoms with E-state index in [1.165, 1.54) is 0 Å². The van der Waals surface area contributed by atoms with E-state index in [-0.39, 0.29) is 11.9 Å². The monoisotopic (exact) mass is 466 g/mol. The number of aromatic nitrogens is 2. The minimum Gasteiger partial charge on any atom is -0.352 e. The van der Waals surface area contributed by atoms with Crippen molar-refractivity contribution in [2.75, 3.05) is 6.54 Å². The molecule has 0 saturated carbocycles. The summed E-state index contributed by atoms with van der Waals surface area (Å²) < 4.78 is 30.4. The van der Waals surface area contributed by atoms with E-state index in [1.807, 2.05) is 60.2 Å². The van der Waals surface area contributed by atoms with Crippen LogP contribution in [0, 0.1) is 0 Å². The number of amides is 1. The van der Waals surface area contributed by atoms with E-state index in [4.69, 9.17) is 0 Å². The molecule has 33 heavy (non-hydrogen) atoms. The van der Waals surface area contributed by atoms with E-state index in [0.29, 0.717) is 25.1 Å². The highest BCUT2D eigenvalue weighted by Crippen LogP contribution is 2.37. The molecule has 0 aliphatic carbocycles. The highest BCUT2D eigenvalue weighted by atomic mass is 32.2. The molecule has 1 saturated heterocycles. The van der Waals surface area contributed by atoms with Crippen molar-refractivity contribution < 1.29 is 13.2 Å². The van der Waals surface area contributed by atoms with Gasteiger partial charge in [-0.2, -0.15) is 4.31 Å². The van der Waals surface area contributed by atoms with Gasteiger partial charge in [0, 0.05) is 43.6 Å². The number of imidazole rings is 1. The van der Waals surface area contributed by atoms with Crippen LogP contribution in [0.1, 0.15) is 52.9 Å². The molecular formula is C25H30N4O3S. The first-order chi connectivity index (χ1) is 15.9. The Kier molecular flexibility index (Phi) is 7.25. The van der Waals surface area contributed by atoms with Gasteiger partial charge in [0.05, 0.1) is 6.33 Å². The van der Waals surface area contributed by atoms with Crippen LogP contribution < -0.4 is 5.32 Å². The van der Waals surface area contributed by atoms with Gasteiger partial charge in [-0.15, -0.1) is 0 Å². The Morgan fingerprint density at radius 3 is 2.55 bits per heavy atom. The molecule has 2 aromatic carbocycles. The Labute approximate surface area is 195 Å². The number of carbonyl (C=O) groups is 1. The molecule has 1 N–H and O–H groups in total. The second-order valence-corrected chi connectivity index (χ2v) is 10.6. The Morgan fingerprint density at radius 2 is 1.85 bits per heavy atom. The molecule has 3 aromatic rings. The van der Waals surface area contributed by atoms with Crippen LogP contribution in [0.2, 0.25) is 0 Å². The third-order valence-electron chi connectivity index (χ3n) is 6.19. The quantitative estimate of drug-likeness (QED) is 0.513. The molecule has 174 valence electrons. The standard InChI is InChI=1S/C25H30N4O3S/c1-20-8-13-24(22-6-3-2-4-7-22)33(31,32)29(20)18-21-9-11-23(12-10-21)25(30)27-14-5-16-28-17-15-26-19-28/h2-4,6-7,9-12,15,17,19-20,24H,5,8,13-14,16,18H2,1H3,(H,27,30)/t20-,24?/m0/s1. The van der Waals surface area contributed by atoms with Gasteiger partial charge in [-0.05, 0) is 49.4 Å². The van der Waals surface area contributed by atoms with Gasteiger partial charge in [0.1, 0.15) is 5.25 Å². The number of rotatable bonds is 8. The molecule has 1 aliphatic rings. The van der Waals surface area contributed by atoms with Gasteiger partial charge in [-0.3, -0.25) is 4.79 Å². The first kappa shape index (κ1) is 23.2. The Hall–Kier alpha value is -2.97. The van der Waals surface area contributed by atoms with Gasteiger partial charge in [0.15, 0.2) is 0 Å². The molecule has 4 rings (SSSR count). The fourth-order valence-electron chi connectivity index (χ4n) is 4.28. The molecule has 0 spiro atoms. The van der Waals surface area contributed by atoms with Crippen molar-refractivity contribution in [3.63, 3.8) is 0 Å². The zero-order chi connectivity index (χ0) is 23.3. The maximum atomic E-state index is 13.4. The van der Waals surface area contributed by atoms with Gasteiger partial charge in [-0.1, -0.05) is 42.5 Å². The van der Waals surface area contributed by atoms with E-state index in [0.717, 1.165) is 30.5 Å². The minimum atomic E-state index is -3.48. The van der Waals surface area contributed by atoms with Gasteiger partial charge >= 0.3 is 0 Å². The molecule has 0 bridgehead atoms. The summed E-state index contributed by atoms with van der Waals surface area (Å²) in [5.41, 5.74) is 2.28. The molecule has 2 atom stereocenters. The lowest BCUT2D eigenvalue weighted by atomic mass is 10.0. The first-order valence-electron chi connectivity index (χ1n) is 11.3. The summed E-state index contributed by atoms with van der Waals surface area (Å²) in [5, 5.41) is 2.42. The minimum absolute atomic E-state index is 0.0616. The van der Waals surface area contributed by atoms with Crippen molar-refractivity contribution in [2.45, 2.75) is 50.6 Å². The summed E-state index contributed by atoms with van der Waals surface area (Å²) in [4.78, 5) is 16.4. The van der Waals surface area contributed by atoms with Crippen LogP contribution in [-0.2, 0) is 23.1 Å². The largest absolute Gasteiger partial charge is 0.352 e. The first-order valence-corrected chi connectivity index (χ1v) is 12.8. The zero-order valence-electron chi connectivity index (χ0n) is 18.8. The van der Waals surface area contributed by atoms with E-state index in [1.54, 1.807) is 29.0 Å². The lowest BCUT2D eigenvalue weighted by Crippen LogP contribution is -2.44. The van der Waals surface area contributed by atoms with Crippen molar-refractivity contribution >= 4 is 15.9 Å². The molecule has 2 heterocycles. The lowest BCUT2D eigenvalue weighted by molar-refractivity contribution is 0.0952. The summed E-state index contributed by atoms with van der Waals surface area (Å²) >= 11 is 0. The van der Waals surface area contributed by atoms with Crippen molar-refractivity contribution in [2.24, 2.45) is 0 Å². The van der Waals surface area contributed by atoms with E-state index in [2.05, 4.69) is 10.3 Å². The molecule has 0 radical (unpaired) electrons. The highest BCUT2D eigenvalue weighted by Gasteiger charge is 2.40. The lowest BCUT2D eigenvalue weighted by Gasteiger charge is -2.37. The zero-order valence-corrected chi connectivity index (χ0v) is 19.6.